The van der Waals surface area contributed by atoms with Crippen LogP contribution in [-0.2, 0) is 0 Å². The van der Waals surface area contributed by atoms with E-state index >= 15 is 0 Å². The molecule has 1 aliphatic carbocycles. The normalized spacial score (nSPS) is 23.8. The molecule has 0 aromatic heterocycles. The molecule has 2 rings (SSSR count). The first-order valence-electron chi connectivity index (χ1n) is 6.06. The van der Waals surface area contributed by atoms with E-state index in [2.05, 4.69) is 11.4 Å². The van der Waals surface area contributed by atoms with Crippen LogP contribution in [-0.4, -0.2) is 26.2 Å². The average Bonchev–Trinajstić information content (AvgIpc) is 2.63. The van der Waals surface area contributed by atoms with Crippen LogP contribution in [0.15, 0.2) is 18.2 Å². The maximum atomic E-state index is 6.23. The van der Waals surface area contributed by atoms with E-state index in [1.807, 2.05) is 31.1 Å². The number of nitrogens with one attached hydrogen (secondary N) is 1. The first-order chi connectivity index (χ1) is 8.08. The zero-order valence-electron chi connectivity index (χ0n) is 10.4. The Morgan fingerprint density at radius 2 is 2.12 bits per heavy atom. The zero-order chi connectivity index (χ0) is 12.4. The number of nitrogens with zero attached hydrogens (tertiary/aromatic N) is 1. The van der Waals surface area contributed by atoms with Gasteiger partial charge in [-0.05, 0) is 31.4 Å². The fourth-order valence-electron chi connectivity index (χ4n) is 2.45. The first-order valence-corrected chi connectivity index (χ1v) is 6.43. The minimum absolute atomic E-state index is 0.342. The smallest absolute Gasteiger partial charge is 0.0786 e. The third-order valence-corrected chi connectivity index (χ3v) is 3.57. The van der Waals surface area contributed by atoms with Crippen molar-refractivity contribution in [3.8, 4) is 0 Å². The lowest BCUT2D eigenvalue weighted by atomic mass is 10.2. The Bertz CT molecular complexity index is 392. The van der Waals surface area contributed by atoms with E-state index in [-0.39, 0.29) is 0 Å². The lowest BCUT2D eigenvalue weighted by Crippen LogP contribution is -2.22. The number of para-hydroxylation sites is 1. The van der Waals surface area contributed by atoms with Gasteiger partial charge < -0.3 is 16.0 Å². The number of hydrogen-bond donors (Lipinski definition) is 2. The van der Waals surface area contributed by atoms with Crippen LogP contribution in [0.2, 0.25) is 5.02 Å². The van der Waals surface area contributed by atoms with Gasteiger partial charge in [-0.15, -0.1) is 0 Å². The molecule has 2 unspecified atom stereocenters. The van der Waals surface area contributed by atoms with Gasteiger partial charge in [0.05, 0.1) is 16.4 Å². The van der Waals surface area contributed by atoms with Crippen molar-refractivity contribution in [2.24, 2.45) is 5.73 Å². The topological polar surface area (TPSA) is 41.3 Å². The Balaban J connectivity index is 2.17. The predicted molar refractivity (Wildman–Crippen MR) is 75.0 cm³/mol. The van der Waals surface area contributed by atoms with Gasteiger partial charge in [0.15, 0.2) is 0 Å². The average molecular weight is 254 g/mol. The molecule has 3 N–H and O–H groups in total. The van der Waals surface area contributed by atoms with Gasteiger partial charge in [-0.25, -0.2) is 0 Å². The number of nitrogens with two attached hydrogens (primary N) is 1. The summed E-state index contributed by atoms with van der Waals surface area (Å²) < 4.78 is 0. The molecule has 4 heteroatoms. The van der Waals surface area contributed by atoms with Crippen molar-refractivity contribution < 1.29 is 0 Å². The highest BCUT2D eigenvalue weighted by atomic mass is 35.5. The van der Waals surface area contributed by atoms with Crippen molar-refractivity contribution in [3.63, 3.8) is 0 Å². The van der Waals surface area contributed by atoms with E-state index < -0.39 is 0 Å². The van der Waals surface area contributed by atoms with Gasteiger partial charge in [-0.1, -0.05) is 17.7 Å². The highest BCUT2D eigenvalue weighted by Gasteiger charge is 2.22. The number of anilines is 2. The minimum Gasteiger partial charge on any atom is -0.381 e. The summed E-state index contributed by atoms with van der Waals surface area (Å²) in [7, 11) is 4.01. The molecule has 0 amide bonds. The molecule has 1 saturated carbocycles. The van der Waals surface area contributed by atoms with Crippen LogP contribution in [0.4, 0.5) is 11.4 Å². The highest BCUT2D eigenvalue weighted by molar-refractivity contribution is 6.34. The molecular weight excluding hydrogens is 234 g/mol. The Morgan fingerprint density at radius 3 is 2.71 bits per heavy atom. The van der Waals surface area contributed by atoms with Crippen LogP contribution in [0.1, 0.15) is 19.3 Å². The van der Waals surface area contributed by atoms with Crippen LogP contribution in [0, 0.1) is 0 Å². The molecule has 3 nitrogen and oxygen atoms in total. The van der Waals surface area contributed by atoms with Crippen LogP contribution >= 0.6 is 11.6 Å². The third-order valence-electron chi connectivity index (χ3n) is 3.27. The van der Waals surface area contributed by atoms with E-state index in [1.165, 1.54) is 0 Å². The van der Waals surface area contributed by atoms with Gasteiger partial charge in [0, 0.05) is 26.2 Å². The molecule has 1 fully saturated rings. The SMILES string of the molecule is CN(C)c1c(Cl)cccc1NC1CCC(N)C1. The standard InChI is InChI=1S/C13H20ClN3/c1-17(2)13-11(14)4-3-5-12(13)16-10-7-6-9(15)8-10/h3-5,9-10,16H,6-8,15H2,1-2H3. The summed E-state index contributed by atoms with van der Waals surface area (Å²) in [5, 5.41) is 4.34. The van der Waals surface area contributed by atoms with E-state index in [0.29, 0.717) is 12.1 Å². The molecule has 1 aromatic carbocycles. The summed E-state index contributed by atoms with van der Waals surface area (Å²) >= 11 is 6.23. The van der Waals surface area contributed by atoms with Crippen molar-refractivity contribution in [2.75, 3.05) is 24.3 Å². The molecule has 0 spiro atoms. The predicted octanol–water partition coefficient (Wildman–Crippen LogP) is 2.70. The van der Waals surface area contributed by atoms with E-state index in [9.17, 15) is 0 Å². The van der Waals surface area contributed by atoms with Crippen LogP contribution in [0.25, 0.3) is 0 Å². The van der Waals surface area contributed by atoms with Crippen molar-refractivity contribution >= 4 is 23.0 Å². The zero-order valence-corrected chi connectivity index (χ0v) is 11.2. The molecule has 1 aromatic rings. The number of benzene rings is 1. The molecule has 2 atom stereocenters. The largest absolute Gasteiger partial charge is 0.381 e. The van der Waals surface area contributed by atoms with Crippen LogP contribution < -0.4 is 16.0 Å². The van der Waals surface area contributed by atoms with Gasteiger partial charge in [-0.3, -0.25) is 0 Å². The summed E-state index contributed by atoms with van der Waals surface area (Å²) in [5.74, 6) is 0. The lowest BCUT2D eigenvalue weighted by Gasteiger charge is -2.22. The number of rotatable bonds is 3. The lowest BCUT2D eigenvalue weighted by molar-refractivity contribution is 0.688. The molecular formula is C13H20ClN3. The van der Waals surface area contributed by atoms with E-state index in [1.54, 1.807) is 0 Å². The third kappa shape index (κ3) is 2.85. The summed E-state index contributed by atoms with van der Waals surface area (Å²) in [6, 6.07) is 6.79. The number of hydrogen-bond acceptors (Lipinski definition) is 3. The van der Waals surface area contributed by atoms with Crippen molar-refractivity contribution in [1.29, 1.82) is 0 Å². The Labute approximate surface area is 108 Å². The molecule has 0 heterocycles. The second-order valence-corrected chi connectivity index (χ2v) is 5.35. The summed E-state index contributed by atoms with van der Waals surface area (Å²) in [5.41, 5.74) is 8.08. The fraction of sp³-hybridized carbons (Fsp3) is 0.538. The molecule has 0 aliphatic heterocycles. The summed E-state index contributed by atoms with van der Waals surface area (Å²) in [6.07, 6.45) is 3.29. The molecule has 1 aliphatic rings. The Hall–Kier alpha value is -0.930. The summed E-state index contributed by atoms with van der Waals surface area (Å²) in [6.45, 7) is 0. The van der Waals surface area contributed by atoms with Gasteiger partial charge in [-0.2, -0.15) is 0 Å². The second kappa shape index (κ2) is 5.15. The van der Waals surface area contributed by atoms with E-state index in [4.69, 9.17) is 17.3 Å². The van der Waals surface area contributed by atoms with Crippen molar-refractivity contribution in [1.82, 2.24) is 0 Å². The molecule has 0 bridgehead atoms. The molecule has 0 saturated heterocycles. The molecule has 17 heavy (non-hydrogen) atoms. The monoisotopic (exact) mass is 253 g/mol. The number of halogens is 1. The van der Waals surface area contributed by atoms with Crippen LogP contribution in [0.3, 0.4) is 0 Å². The first kappa shape index (κ1) is 12.5. The summed E-state index contributed by atoms with van der Waals surface area (Å²) in [4.78, 5) is 2.04. The van der Waals surface area contributed by atoms with Gasteiger partial charge in [0.25, 0.3) is 0 Å². The van der Waals surface area contributed by atoms with Crippen molar-refractivity contribution in [3.05, 3.63) is 23.2 Å². The second-order valence-electron chi connectivity index (χ2n) is 4.94. The fourth-order valence-corrected chi connectivity index (χ4v) is 2.80. The quantitative estimate of drug-likeness (QED) is 0.870. The van der Waals surface area contributed by atoms with Crippen molar-refractivity contribution in [2.45, 2.75) is 31.3 Å². The van der Waals surface area contributed by atoms with Gasteiger partial charge in [0.1, 0.15) is 0 Å². The van der Waals surface area contributed by atoms with Gasteiger partial charge >= 0.3 is 0 Å². The van der Waals surface area contributed by atoms with Crippen LogP contribution in [0.5, 0.6) is 0 Å². The van der Waals surface area contributed by atoms with Gasteiger partial charge in [0.2, 0.25) is 0 Å². The minimum atomic E-state index is 0.342. The molecule has 0 radical (unpaired) electrons. The maximum Gasteiger partial charge on any atom is 0.0786 e. The Morgan fingerprint density at radius 1 is 1.35 bits per heavy atom. The Kier molecular flexibility index (Phi) is 3.79. The maximum absolute atomic E-state index is 6.23. The molecule has 94 valence electrons. The van der Waals surface area contributed by atoms with E-state index in [0.717, 1.165) is 35.7 Å². The highest BCUT2D eigenvalue weighted by Crippen LogP contribution is 2.34.